The molecule has 0 bridgehead atoms. The van der Waals surface area contributed by atoms with Crippen molar-refractivity contribution in [1.82, 2.24) is 9.97 Å². The van der Waals surface area contributed by atoms with Crippen molar-refractivity contribution in [3.05, 3.63) is 71.2 Å². The highest BCUT2D eigenvalue weighted by Gasteiger charge is 2.45. The highest BCUT2D eigenvalue weighted by atomic mass is 32.1. The molecule has 1 aliphatic rings. The molecular formula is C28H27FN4O4S. The fraction of sp³-hybridized carbons (Fsp3) is 0.286. The number of ketones is 1. The summed E-state index contributed by atoms with van der Waals surface area (Å²) >= 11 is 1.46. The Labute approximate surface area is 222 Å². The van der Waals surface area contributed by atoms with E-state index in [-0.39, 0.29) is 30.9 Å². The van der Waals surface area contributed by atoms with Gasteiger partial charge in [0.2, 0.25) is 5.91 Å². The van der Waals surface area contributed by atoms with Crippen LogP contribution in [0, 0.1) is 5.82 Å². The molecular weight excluding hydrogens is 507 g/mol. The second-order valence-electron chi connectivity index (χ2n) is 9.87. The Bertz CT molecular complexity index is 1570. The number of hydrogen-bond donors (Lipinski definition) is 3. The first-order valence-corrected chi connectivity index (χ1v) is 12.9. The molecule has 2 aromatic carbocycles. The van der Waals surface area contributed by atoms with Crippen LogP contribution in [0.5, 0.6) is 5.75 Å². The van der Waals surface area contributed by atoms with Gasteiger partial charge in [0, 0.05) is 30.2 Å². The van der Waals surface area contributed by atoms with Crippen LogP contribution in [0.3, 0.4) is 0 Å². The van der Waals surface area contributed by atoms with E-state index in [0.717, 1.165) is 15.3 Å². The normalized spacial score (nSPS) is 18.0. The van der Waals surface area contributed by atoms with Crippen molar-refractivity contribution in [3.8, 4) is 17.0 Å². The SMILES string of the molecule is CNc1nc2ccc(C(=O)CC[C@](C)(O)c3cc4c(c(-c5ccc(F)cc5)n3)OC[C@]4(C)C(N)=O)cc2s1. The average Bonchev–Trinajstić information content (AvgIpc) is 3.48. The summed E-state index contributed by atoms with van der Waals surface area (Å²) in [7, 11) is 1.79. The van der Waals surface area contributed by atoms with E-state index in [9.17, 15) is 19.1 Å². The first-order valence-electron chi connectivity index (χ1n) is 12.1. The Hall–Kier alpha value is -3.89. The zero-order valence-corrected chi connectivity index (χ0v) is 22.0. The molecule has 3 heterocycles. The van der Waals surface area contributed by atoms with Crippen LogP contribution < -0.4 is 15.8 Å². The van der Waals surface area contributed by atoms with E-state index >= 15 is 0 Å². The summed E-state index contributed by atoms with van der Waals surface area (Å²) in [5.74, 6) is -0.744. The summed E-state index contributed by atoms with van der Waals surface area (Å²) in [5.41, 5.74) is 6.09. The van der Waals surface area contributed by atoms with Crippen molar-refractivity contribution in [2.24, 2.45) is 5.73 Å². The first kappa shape index (κ1) is 25.7. The number of Topliss-reactive ketones (excluding diaryl/α,β-unsaturated/α-hetero) is 1. The van der Waals surface area contributed by atoms with E-state index in [1.54, 1.807) is 57.3 Å². The van der Waals surface area contributed by atoms with Gasteiger partial charge in [-0.05, 0) is 68.8 Å². The molecule has 196 valence electrons. The number of carbonyl (C=O) groups is 2. The van der Waals surface area contributed by atoms with Gasteiger partial charge in [-0.1, -0.05) is 11.3 Å². The van der Waals surface area contributed by atoms with E-state index in [4.69, 9.17) is 10.5 Å². The summed E-state index contributed by atoms with van der Waals surface area (Å²) in [5, 5.41) is 15.3. The van der Waals surface area contributed by atoms with Crippen LogP contribution >= 0.6 is 11.3 Å². The molecule has 0 radical (unpaired) electrons. The number of nitrogens with zero attached hydrogens (tertiary/aromatic N) is 2. The fourth-order valence-corrected chi connectivity index (χ4v) is 5.36. The number of primary amides is 1. The number of rotatable bonds is 8. The number of carbonyl (C=O) groups excluding carboxylic acids is 2. The smallest absolute Gasteiger partial charge is 0.231 e. The van der Waals surface area contributed by atoms with E-state index in [2.05, 4.69) is 15.3 Å². The van der Waals surface area contributed by atoms with Gasteiger partial charge in [-0.25, -0.2) is 14.4 Å². The van der Waals surface area contributed by atoms with Crippen LogP contribution in [0.2, 0.25) is 0 Å². The maximum atomic E-state index is 13.6. The zero-order chi connectivity index (χ0) is 27.2. The van der Waals surface area contributed by atoms with Gasteiger partial charge in [-0.3, -0.25) is 9.59 Å². The molecule has 4 N–H and O–H groups in total. The van der Waals surface area contributed by atoms with Crippen molar-refractivity contribution < 1.29 is 23.8 Å². The molecule has 0 unspecified atom stereocenters. The monoisotopic (exact) mass is 534 g/mol. The summed E-state index contributed by atoms with van der Waals surface area (Å²) in [4.78, 5) is 34.5. The maximum Gasteiger partial charge on any atom is 0.231 e. The van der Waals surface area contributed by atoms with Gasteiger partial charge in [0.25, 0.3) is 0 Å². The summed E-state index contributed by atoms with van der Waals surface area (Å²) in [6.07, 6.45) is 0.140. The first-order chi connectivity index (χ1) is 18.0. The third kappa shape index (κ3) is 4.50. The van der Waals surface area contributed by atoms with Crippen molar-refractivity contribution >= 4 is 38.4 Å². The maximum absolute atomic E-state index is 13.6. The molecule has 1 aliphatic heterocycles. The molecule has 1 amide bonds. The standard InChI is InChI=1S/C28H27FN4O4S/c1-27(25(30)35)14-37-24-18(27)13-22(33-23(24)15-4-7-17(29)8-5-15)28(2,36)11-10-20(34)16-6-9-19-21(12-16)38-26(31-3)32-19/h4-9,12-13,36H,10-11,14H2,1-3H3,(H2,30,35)(H,31,32)/t27-,28-/m0/s1. The number of aliphatic hydroxyl groups is 1. The van der Waals surface area contributed by atoms with E-state index in [0.29, 0.717) is 28.1 Å². The Morgan fingerprint density at radius 1 is 1.21 bits per heavy atom. The number of halogens is 1. The number of nitrogens with one attached hydrogen (secondary N) is 1. The largest absolute Gasteiger partial charge is 0.489 e. The van der Waals surface area contributed by atoms with Crippen LogP contribution in [-0.2, 0) is 15.8 Å². The average molecular weight is 535 g/mol. The number of aromatic nitrogens is 2. The number of thiazole rings is 1. The van der Waals surface area contributed by atoms with Gasteiger partial charge in [-0.2, -0.15) is 0 Å². The second-order valence-corrected chi connectivity index (χ2v) is 10.9. The van der Waals surface area contributed by atoms with Crippen molar-refractivity contribution in [2.45, 2.75) is 37.7 Å². The lowest BCUT2D eigenvalue weighted by atomic mass is 9.81. The lowest BCUT2D eigenvalue weighted by Crippen LogP contribution is -2.40. The minimum Gasteiger partial charge on any atom is -0.489 e. The fourth-order valence-electron chi connectivity index (χ4n) is 4.50. The van der Waals surface area contributed by atoms with Crippen molar-refractivity contribution in [1.29, 1.82) is 0 Å². The van der Waals surface area contributed by atoms with Crippen LogP contribution in [0.15, 0.2) is 48.5 Å². The molecule has 38 heavy (non-hydrogen) atoms. The summed E-state index contributed by atoms with van der Waals surface area (Å²) in [6.45, 7) is 3.27. The number of amides is 1. The molecule has 0 saturated carbocycles. The topological polar surface area (TPSA) is 127 Å². The van der Waals surface area contributed by atoms with Gasteiger partial charge in [0.1, 0.15) is 34.9 Å². The van der Waals surface area contributed by atoms with Crippen LogP contribution in [0.25, 0.3) is 21.5 Å². The molecule has 0 aliphatic carbocycles. The molecule has 0 spiro atoms. The van der Waals surface area contributed by atoms with Gasteiger partial charge < -0.3 is 20.9 Å². The summed E-state index contributed by atoms with van der Waals surface area (Å²) < 4.78 is 20.4. The third-order valence-electron chi connectivity index (χ3n) is 7.05. The number of fused-ring (bicyclic) bond motifs is 2. The van der Waals surface area contributed by atoms with Gasteiger partial charge >= 0.3 is 0 Å². The van der Waals surface area contributed by atoms with Gasteiger partial charge in [-0.15, -0.1) is 0 Å². The lowest BCUT2D eigenvalue weighted by molar-refractivity contribution is -0.123. The van der Waals surface area contributed by atoms with E-state index < -0.39 is 22.7 Å². The Balaban J connectivity index is 1.47. The number of nitrogens with two attached hydrogens (primary N) is 1. The Morgan fingerprint density at radius 3 is 2.63 bits per heavy atom. The van der Waals surface area contributed by atoms with Crippen LogP contribution in [-0.4, -0.2) is 40.4 Å². The molecule has 0 saturated heterocycles. The number of pyridine rings is 1. The summed E-state index contributed by atoms with van der Waals surface area (Å²) in [6, 6.07) is 12.7. The molecule has 4 aromatic rings. The highest BCUT2D eigenvalue weighted by molar-refractivity contribution is 7.22. The van der Waals surface area contributed by atoms with Crippen molar-refractivity contribution in [3.63, 3.8) is 0 Å². The molecule has 2 aromatic heterocycles. The van der Waals surface area contributed by atoms with E-state index in [1.807, 2.05) is 0 Å². The zero-order valence-electron chi connectivity index (χ0n) is 21.2. The second kappa shape index (κ2) is 9.45. The Morgan fingerprint density at radius 2 is 1.95 bits per heavy atom. The van der Waals surface area contributed by atoms with E-state index in [1.165, 1.54) is 23.5 Å². The molecule has 0 fully saturated rings. The lowest BCUT2D eigenvalue weighted by Gasteiger charge is -2.26. The predicted molar refractivity (Wildman–Crippen MR) is 144 cm³/mol. The van der Waals surface area contributed by atoms with Gasteiger partial charge in [0.05, 0.1) is 15.9 Å². The minimum absolute atomic E-state index is 0.0208. The molecule has 2 atom stereocenters. The van der Waals surface area contributed by atoms with Crippen molar-refractivity contribution in [2.75, 3.05) is 19.0 Å². The van der Waals surface area contributed by atoms with Crippen LogP contribution in [0.4, 0.5) is 9.52 Å². The number of hydrogen-bond acceptors (Lipinski definition) is 8. The Kier molecular flexibility index (Phi) is 6.40. The molecule has 10 heteroatoms. The minimum atomic E-state index is -1.52. The van der Waals surface area contributed by atoms with Gasteiger partial charge in [0.15, 0.2) is 10.9 Å². The van der Waals surface area contributed by atoms with Crippen LogP contribution in [0.1, 0.15) is 48.3 Å². The third-order valence-corrected chi connectivity index (χ3v) is 8.08. The quantitative estimate of drug-likeness (QED) is 0.283. The highest BCUT2D eigenvalue weighted by Crippen LogP contribution is 2.46. The number of anilines is 1. The molecule has 5 rings (SSSR count). The number of ether oxygens (including phenoxy) is 1. The predicted octanol–water partition coefficient (Wildman–Crippen LogP) is 4.55. The number of benzene rings is 2. The molecule has 8 nitrogen and oxygen atoms in total.